The Morgan fingerprint density at radius 1 is 1.14 bits per heavy atom. The molecule has 0 atom stereocenters. The Labute approximate surface area is 177 Å². The molecule has 0 fully saturated rings. The van der Waals surface area contributed by atoms with Gasteiger partial charge < -0.3 is 14.0 Å². The molecule has 6 nitrogen and oxygen atoms in total. The fourth-order valence-electron chi connectivity index (χ4n) is 2.78. The van der Waals surface area contributed by atoms with Crippen molar-refractivity contribution < 1.29 is 19.1 Å². The Morgan fingerprint density at radius 2 is 1.86 bits per heavy atom. The molecule has 1 amide bonds. The van der Waals surface area contributed by atoms with Crippen LogP contribution in [0.4, 0.5) is 0 Å². The molecule has 1 heterocycles. The highest BCUT2D eigenvalue weighted by atomic mass is 32.2. The molecule has 0 saturated carbocycles. The van der Waals surface area contributed by atoms with E-state index in [9.17, 15) is 9.59 Å². The molecule has 0 saturated heterocycles. The first-order valence-electron chi connectivity index (χ1n) is 9.10. The van der Waals surface area contributed by atoms with Crippen molar-refractivity contribution >= 4 is 45.2 Å². The number of benzene rings is 2. The van der Waals surface area contributed by atoms with E-state index < -0.39 is 0 Å². The van der Waals surface area contributed by atoms with Gasteiger partial charge in [-0.1, -0.05) is 11.3 Å². The Morgan fingerprint density at radius 3 is 2.52 bits per heavy atom. The lowest BCUT2D eigenvalue weighted by Crippen LogP contribution is -2.19. The first kappa shape index (κ1) is 21.3. The van der Waals surface area contributed by atoms with E-state index in [1.807, 2.05) is 29.0 Å². The van der Waals surface area contributed by atoms with Crippen LogP contribution in [-0.2, 0) is 16.0 Å². The van der Waals surface area contributed by atoms with E-state index in [2.05, 4.69) is 4.99 Å². The number of carbonyl (C=O) groups is 2. The molecule has 3 rings (SSSR count). The number of carbonyl (C=O) groups excluding carboxylic acids is 2. The molecule has 0 aliphatic carbocycles. The van der Waals surface area contributed by atoms with Gasteiger partial charge in [-0.25, -0.2) is 4.79 Å². The molecule has 8 heteroatoms. The average Bonchev–Trinajstić information content (AvgIpc) is 3.08. The third-order valence-electron chi connectivity index (χ3n) is 4.25. The molecule has 152 valence electrons. The van der Waals surface area contributed by atoms with E-state index in [1.165, 1.54) is 11.3 Å². The standard InChI is InChI=1S/C21H22N2O4S2/c1-4-27-20(25)15-7-10-17-18(13-15)29-21(23(17)11-12-26-2)22-19(24)14-5-8-16(28-3)9-6-14/h5-10,13H,4,11-12H2,1-3H3. The van der Waals surface area contributed by atoms with Crippen LogP contribution in [0.15, 0.2) is 52.4 Å². The monoisotopic (exact) mass is 430 g/mol. The van der Waals surface area contributed by atoms with Crippen LogP contribution >= 0.6 is 23.1 Å². The number of thiazole rings is 1. The zero-order valence-electron chi connectivity index (χ0n) is 16.5. The summed E-state index contributed by atoms with van der Waals surface area (Å²) in [4.78, 5) is 30.7. The van der Waals surface area contributed by atoms with Crippen LogP contribution in [0.2, 0.25) is 0 Å². The highest BCUT2D eigenvalue weighted by Crippen LogP contribution is 2.20. The maximum Gasteiger partial charge on any atom is 0.338 e. The van der Waals surface area contributed by atoms with Crippen molar-refractivity contribution in [3.8, 4) is 0 Å². The lowest BCUT2D eigenvalue weighted by molar-refractivity contribution is 0.0526. The van der Waals surface area contributed by atoms with Crippen molar-refractivity contribution in [1.29, 1.82) is 0 Å². The van der Waals surface area contributed by atoms with E-state index in [4.69, 9.17) is 9.47 Å². The number of amides is 1. The third-order valence-corrected chi connectivity index (χ3v) is 6.03. The maximum absolute atomic E-state index is 12.7. The molecular formula is C21H22N2O4S2. The summed E-state index contributed by atoms with van der Waals surface area (Å²) in [6.07, 6.45) is 1.99. The highest BCUT2D eigenvalue weighted by Gasteiger charge is 2.13. The molecular weight excluding hydrogens is 408 g/mol. The second-order valence-electron chi connectivity index (χ2n) is 6.08. The minimum atomic E-state index is -0.366. The molecule has 1 aromatic heterocycles. The van der Waals surface area contributed by atoms with Crippen molar-refractivity contribution in [3.63, 3.8) is 0 Å². The van der Waals surface area contributed by atoms with E-state index in [0.717, 1.165) is 15.1 Å². The smallest absolute Gasteiger partial charge is 0.338 e. The SMILES string of the molecule is CCOC(=O)c1ccc2c(c1)sc(=NC(=O)c1ccc(SC)cc1)n2CCOC. The van der Waals surface area contributed by atoms with Crippen LogP contribution < -0.4 is 4.80 Å². The minimum Gasteiger partial charge on any atom is -0.462 e. The Kier molecular flexibility index (Phi) is 7.24. The van der Waals surface area contributed by atoms with E-state index in [1.54, 1.807) is 50.1 Å². The van der Waals surface area contributed by atoms with Gasteiger partial charge in [-0.05, 0) is 55.6 Å². The summed E-state index contributed by atoms with van der Waals surface area (Å²) in [6, 6.07) is 12.7. The van der Waals surface area contributed by atoms with Gasteiger partial charge in [-0.15, -0.1) is 11.8 Å². The van der Waals surface area contributed by atoms with Crippen LogP contribution in [0.1, 0.15) is 27.6 Å². The second kappa shape index (κ2) is 9.87. The topological polar surface area (TPSA) is 69.9 Å². The molecule has 29 heavy (non-hydrogen) atoms. The van der Waals surface area contributed by atoms with Crippen LogP contribution in [0.5, 0.6) is 0 Å². The van der Waals surface area contributed by atoms with Crippen LogP contribution in [0.25, 0.3) is 10.2 Å². The normalized spacial score (nSPS) is 11.8. The van der Waals surface area contributed by atoms with Gasteiger partial charge in [0.2, 0.25) is 0 Å². The summed E-state index contributed by atoms with van der Waals surface area (Å²) < 4.78 is 13.1. The summed E-state index contributed by atoms with van der Waals surface area (Å²) in [5.74, 6) is -0.671. The third kappa shape index (κ3) is 4.95. The molecule has 0 aliphatic heterocycles. The summed E-state index contributed by atoms with van der Waals surface area (Å²) in [5.41, 5.74) is 1.90. The van der Waals surface area contributed by atoms with Crippen LogP contribution in [-0.4, -0.2) is 43.0 Å². The number of rotatable bonds is 7. The number of fused-ring (bicyclic) bond motifs is 1. The molecule has 0 bridgehead atoms. The quantitative estimate of drug-likeness (QED) is 0.419. The Bertz CT molecular complexity index is 1080. The molecule has 0 spiro atoms. The predicted molar refractivity (Wildman–Crippen MR) is 116 cm³/mol. The number of hydrogen-bond acceptors (Lipinski definition) is 6. The minimum absolute atomic E-state index is 0.305. The van der Waals surface area contributed by atoms with Gasteiger partial charge >= 0.3 is 5.97 Å². The zero-order valence-corrected chi connectivity index (χ0v) is 18.1. The van der Waals surface area contributed by atoms with E-state index in [0.29, 0.717) is 35.7 Å². The number of ether oxygens (including phenoxy) is 2. The van der Waals surface area contributed by atoms with Crippen molar-refractivity contribution in [2.45, 2.75) is 18.4 Å². The molecule has 0 unspecified atom stereocenters. The Hall–Kier alpha value is -2.42. The van der Waals surface area contributed by atoms with Crippen molar-refractivity contribution in [1.82, 2.24) is 4.57 Å². The summed E-state index contributed by atoms with van der Waals surface area (Å²) in [6.45, 7) is 3.12. The Balaban J connectivity index is 2.04. The summed E-state index contributed by atoms with van der Waals surface area (Å²) >= 11 is 2.98. The average molecular weight is 431 g/mol. The van der Waals surface area contributed by atoms with Gasteiger partial charge in [-0.2, -0.15) is 4.99 Å². The molecule has 0 N–H and O–H groups in total. The van der Waals surface area contributed by atoms with Gasteiger partial charge in [0.25, 0.3) is 5.91 Å². The van der Waals surface area contributed by atoms with Crippen LogP contribution in [0, 0.1) is 0 Å². The lowest BCUT2D eigenvalue weighted by atomic mass is 10.2. The maximum atomic E-state index is 12.7. The highest BCUT2D eigenvalue weighted by molar-refractivity contribution is 7.98. The van der Waals surface area contributed by atoms with Crippen LogP contribution in [0.3, 0.4) is 0 Å². The molecule has 0 radical (unpaired) electrons. The fourth-order valence-corrected chi connectivity index (χ4v) is 4.29. The van der Waals surface area contributed by atoms with Crippen molar-refractivity contribution in [3.05, 3.63) is 58.4 Å². The zero-order chi connectivity index (χ0) is 20.8. The number of aromatic nitrogens is 1. The van der Waals surface area contributed by atoms with Gasteiger partial charge in [0.15, 0.2) is 4.80 Å². The fraction of sp³-hybridized carbons (Fsp3) is 0.286. The molecule has 2 aromatic carbocycles. The number of esters is 1. The predicted octanol–water partition coefficient (Wildman–Crippen LogP) is 3.99. The van der Waals surface area contributed by atoms with Gasteiger partial charge in [0.05, 0.1) is 29.0 Å². The lowest BCUT2D eigenvalue weighted by Gasteiger charge is -2.05. The van der Waals surface area contributed by atoms with E-state index in [-0.39, 0.29) is 11.9 Å². The van der Waals surface area contributed by atoms with Crippen molar-refractivity contribution in [2.75, 3.05) is 26.6 Å². The first-order chi connectivity index (χ1) is 14.1. The number of thioether (sulfide) groups is 1. The largest absolute Gasteiger partial charge is 0.462 e. The summed E-state index contributed by atoms with van der Waals surface area (Å²) in [5, 5.41) is 0. The first-order valence-corrected chi connectivity index (χ1v) is 11.1. The number of nitrogens with zero attached hydrogens (tertiary/aromatic N) is 2. The second-order valence-corrected chi connectivity index (χ2v) is 7.97. The number of methoxy groups -OCH3 is 1. The molecule has 0 aliphatic rings. The summed E-state index contributed by atoms with van der Waals surface area (Å²) in [7, 11) is 1.63. The number of hydrogen-bond donors (Lipinski definition) is 0. The van der Waals surface area contributed by atoms with E-state index >= 15 is 0 Å². The molecule has 3 aromatic rings. The van der Waals surface area contributed by atoms with Gasteiger partial charge in [0.1, 0.15) is 0 Å². The van der Waals surface area contributed by atoms with Crippen molar-refractivity contribution in [2.24, 2.45) is 4.99 Å². The van der Waals surface area contributed by atoms with Gasteiger partial charge in [-0.3, -0.25) is 4.79 Å². The van der Waals surface area contributed by atoms with Gasteiger partial charge in [0, 0.05) is 24.1 Å².